The van der Waals surface area contributed by atoms with Gasteiger partial charge in [0.15, 0.2) is 11.5 Å². The van der Waals surface area contributed by atoms with Crippen LogP contribution in [0.25, 0.3) is 0 Å². The van der Waals surface area contributed by atoms with E-state index in [0.717, 1.165) is 18.4 Å². The molecule has 2 heterocycles. The van der Waals surface area contributed by atoms with Gasteiger partial charge in [0.25, 0.3) is 0 Å². The molecule has 5 nitrogen and oxygen atoms in total. The third-order valence-electron chi connectivity index (χ3n) is 3.17. The minimum Gasteiger partial charge on any atom is -0.462 e. The van der Waals surface area contributed by atoms with Crippen molar-refractivity contribution in [2.45, 2.75) is 12.8 Å². The molecule has 21 heavy (non-hydrogen) atoms. The summed E-state index contributed by atoms with van der Waals surface area (Å²) in [5.74, 6) is 0.891. The highest BCUT2D eigenvalue weighted by Gasteiger charge is 2.16. The van der Waals surface area contributed by atoms with Crippen molar-refractivity contribution in [3.05, 3.63) is 53.9 Å². The van der Waals surface area contributed by atoms with Crippen LogP contribution < -0.4 is 9.47 Å². The van der Waals surface area contributed by atoms with Gasteiger partial charge in [0, 0.05) is 12.4 Å². The molecule has 0 radical (unpaired) electrons. The minimum absolute atomic E-state index is 0.193. The van der Waals surface area contributed by atoms with Gasteiger partial charge in [0.05, 0.1) is 12.2 Å². The molecule has 0 unspecified atom stereocenters. The third-order valence-corrected chi connectivity index (χ3v) is 3.17. The quantitative estimate of drug-likeness (QED) is 0.624. The summed E-state index contributed by atoms with van der Waals surface area (Å²) in [5.41, 5.74) is 1.61. The zero-order valence-electron chi connectivity index (χ0n) is 11.5. The Kier molecular flexibility index (Phi) is 4.00. The Morgan fingerprint density at radius 2 is 2.14 bits per heavy atom. The van der Waals surface area contributed by atoms with Gasteiger partial charge >= 0.3 is 5.97 Å². The molecule has 0 fully saturated rings. The molecule has 1 aliphatic rings. The van der Waals surface area contributed by atoms with Gasteiger partial charge in [-0.2, -0.15) is 0 Å². The molecule has 0 aliphatic carbocycles. The highest BCUT2D eigenvalue weighted by atomic mass is 16.7. The van der Waals surface area contributed by atoms with E-state index in [2.05, 4.69) is 4.98 Å². The normalized spacial score (nSPS) is 12.2. The number of hydrogen-bond acceptors (Lipinski definition) is 5. The van der Waals surface area contributed by atoms with Crippen LogP contribution in [0.1, 0.15) is 22.3 Å². The number of hydrogen-bond donors (Lipinski definition) is 0. The Morgan fingerprint density at radius 3 is 3.00 bits per heavy atom. The van der Waals surface area contributed by atoms with Crippen LogP contribution in [0.3, 0.4) is 0 Å². The minimum atomic E-state index is -0.348. The lowest BCUT2D eigenvalue weighted by Crippen LogP contribution is -2.07. The van der Waals surface area contributed by atoms with E-state index < -0.39 is 0 Å². The van der Waals surface area contributed by atoms with E-state index in [9.17, 15) is 4.79 Å². The zero-order chi connectivity index (χ0) is 14.5. The smallest absolute Gasteiger partial charge is 0.338 e. The van der Waals surface area contributed by atoms with Crippen LogP contribution in [0.15, 0.2) is 42.7 Å². The number of ether oxygens (including phenoxy) is 3. The molecule has 1 aliphatic heterocycles. The summed E-state index contributed by atoms with van der Waals surface area (Å²) < 4.78 is 15.7. The summed E-state index contributed by atoms with van der Waals surface area (Å²) in [5, 5.41) is 0. The summed E-state index contributed by atoms with van der Waals surface area (Å²) in [6, 6.07) is 8.94. The Balaban J connectivity index is 1.48. The van der Waals surface area contributed by atoms with Crippen molar-refractivity contribution >= 4 is 5.97 Å². The fourth-order valence-corrected chi connectivity index (χ4v) is 2.09. The molecule has 0 saturated heterocycles. The highest BCUT2D eigenvalue weighted by Crippen LogP contribution is 2.32. The predicted molar refractivity (Wildman–Crippen MR) is 75.4 cm³/mol. The number of carbonyl (C=O) groups excluding carboxylic acids is 1. The number of rotatable bonds is 5. The maximum atomic E-state index is 11.9. The number of aryl methyl sites for hydroxylation is 1. The summed E-state index contributed by atoms with van der Waals surface area (Å²) in [6.45, 7) is 0.571. The number of carbonyl (C=O) groups is 1. The van der Waals surface area contributed by atoms with Crippen LogP contribution in [0.2, 0.25) is 0 Å². The molecule has 0 amide bonds. The number of esters is 1. The van der Waals surface area contributed by atoms with Gasteiger partial charge in [-0.3, -0.25) is 4.98 Å². The fraction of sp³-hybridized carbons (Fsp3) is 0.250. The molecular weight excluding hydrogens is 270 g/mol. The average molecular weight is 285 g/mol. The van der Waals surface area contributed by atoms with Crippen LogP contribution in [-0.4, -0.2) is 24.4 Å². The lowest BCUT2D eigenvalue weighted by molar-refractivity contribution is 0.0500. The maximum absolute atomic E-state index is 11.9. The second-order valence-electron chi connectivity index (χ2n) is 4.67. The highest BCUT2D eigenvalue weighted by molar-refractivity contribution is 5.90. The Morgan fingerprint density at radius 1 is 1.24 bits per heavy atom. The van der Waals surface area contributed by atoms with Gasteiger partial charge in [-0.25, -0.2) is 4.79 Å². The number of nitrogens with zero attached hydrogens (tertiary/aromatic N) is 1. The second-order valence-corrected chi connectivity index (χ2v) is 4.67. The van der Waals surface area contributed by atoms with Gasteiger partial charge in [-0.05, 0) is 42.7 Å². The summed E-state index contributed by atoms with van der Waals surface area (Å²) in [7, 11) is 0. The molecule has 0 bridgehead atoms. The Hall–Kier alpha value is -2.56. The third kappa shape index (κ3) is 3.31. The molecule has 3 rings (SSSR count). The molecule has 2 aromatic rings. The van der Waals surface area contributed by atoms with Crippen molar-refractivity contribution < 1.29 is 19.0 Å². The van der Waals surface area contributed by atoms with E-state index in [-0.39, 0.29) is 12.8 Å². The standard InChI is InChI=1S/C16H15NO4/c18-16(13-5-6-14-15(9-13)21-11-20-14)19-8-2-4-12-3-1-7-17-10-12/h1,3,5-7,9-10H,2,4,8,11H2. The van der Waals surface area contributed by atoms with E-state index in [0.29, 0.717) is 23.7 Å². The molecule has 0 saturated carbocycles. The van der Waals surface area contributed by atoms with Crippen molar-refractivity contribution in [2.24, 2.45) is 0 Å². The largest absolute Gasteiger partial charge is 0.462 e. The van der Waals surface area contributed by atoms with E-state index in [1.807, 2.05) is 18.3 Å². The number of aromatic nitrogens is 1. The van der Waals surface area contributed by atoms with Gasteiger partial charge in [0.1, 0.15) is 0 Å². The van der Waals surface area contributed by atoms with E-state index in [1.54, 1.807) is 24.4 Å². The van der Waals surface area contributed by atoms with E-state index >= 15 is 0 Å². The SMILES string of the molecule is O=C(OCCCc1cccnc1)c1ccc2c(c1)OCO2. The first kappa shape index (κ1) is 13.4. The fourth-order valence-electron chi connectivity index (χ4n) is 2.09. The monoisotopic (exact) mass is 285 g/mol. The number of pyridine rings is 1. The van der Waals surface area contributed by atoms with Crippen molar-refractivity contribution in [2.75, 3.05) is 13.4 Å². The van der Waals surface area contributed by atoms with Crippen LogP contribution in [-0.2, 0) is 11.2 Å². The molecule has 1 aromatic heterocycles. The first-order chi connectivity index (χ1) is 10.3. The first-order valence-corrected chi connectivity index (χ1v) is 6.78. The Labute approximate surface area is 122 Å². The van der Waals surface area contributed by atoms with Crippen LogP contribution >= 0.6 is 0 Å². The van der Waals surface area contributed by atoms with Crippen molar-refractivity contribution in [1.82, 2.24) is 4.98 Å². The van der Waals surface area contributed by atoms with E-state index in [4.69, 9.17) is 14.2 Å². The van der Waals surface area contributed by atoms with Crippen molar-refractivity contribution in [3.63, 3.8) is 0 Å². The van der Waals surface area contributed by atoms with Crippen molar-refractivity contribution in [1.29, 1.82) is 0 Å². The van der Waals surface area contributed by atoms with Crippen LogP contribution in [0, 0.1) is 0 Å². The molecule has 0 N–H and O–H groups in total. The van der Waals surface area contributed by atoms with Crippen LogP contribution in [0.4, 0.5) is 0 Å². The second kappa shape index (κ2) is 6.26. The molecule has 0 spiro atoms. The summed E-state index contributed by atoms with van der Waals surface area (Å²) >= 11 is 0. The first-order valence-electron chi connectivity index (χ1n) is 6.78. The average Bonchev–Trinajstić information content (AvgIpc) is 3.00. The van der Waals surface area contributed by atoms with E-state index in [1.165, 1.54) is 0 Å². The molecule has 0 atom stereocenters. The maximum Gasteiger partial charge on any atom is 0.338 e. The topological polar surface area (TPSA) is 57.7 Å². The molecule has 108 valence electrons. The number of benzene rings is 1. The summed E-state index contributed by atoms with van der Waals surface area (Å²) in [4.78, 5) is 16.0. The number of fused-ring (bicyclic) bond motifs is 1. The Bertz CT molecular complexity index is 627. The molecule has 5 heteroatoms. The van der Waals surface area contributed by atoms with Crippen LogP contribution in [0.5, 0.6) is 11.5 Å². The van der Waals surface area contributed by atoms with Gasteiger partial charge in [-0.1, -0.05) is 6.07 Å². The predicted octanol–water partition coefficient (Wildman–Crippen LogP) is 2.60. The lowest BCUT2D eigenvalue weighted by atomic mass is 10.2. The van der Waals surface area contributed by atoms with Gasteiger partial charge < -0.3 is 14.2 Å². The lowest BCUT2D eigenvalue weighted by Gasteiger charge is -2.05. The summed E-state index contributed by atoms with van der Waals surface area (Å²) in [6.07, 6.45) is 5.16. The zero-order valence-corrected chi connectivity index (χ0v) is 11.5. The van der Waals surface area contributed by atoms with Gasteiger partial charge in [-0.15, -0.1) is 0 Å². The molecule has 1 aromatic carbocycles. The van der Waals surface area contributed by atoms with Gasteiger partial charge in [0.2, 0.25) is 6.79 Å². The molecular formula is C16H15NO4. The van der Waals surface area contributed by atoms with Crippen molar-refractivity contribution in [3.8, 4) is 11.5 Å².